The lowest BCUT2D eigenvalue weighted by Crippen LogP contribution is -2.46. The van der Waals surface area contributed by atoms with Gasteiger partial charge in [0.25, 0.3) is 0 Å². The van der Waals surface area contributed by atoms with E-state index in [-0.39, 0.29) is 0 Å². The third-order valence-corrected chi connectivity index (χ3v) is 4.59. The van der Waals surface area contributed by atoms with E-state index in [1.165, 1.54) is 58.4 Å². The van der Waals surface area contributed by atoms with E-state index in [0.29, 0.717) is 0 Å². The smallest absolute Gasteiger partial charge is 0.000439 e. The van der Waals surface area contributed by atoms with E-state index in [4.69, 9.17) is 0 Å². The summed E-state index contributed by atoms with van der Waals surface area (Å²) >= 11 is 0. The Morgan fingerprint density at radius 1 is 0.938 bits per heavy atom. The Balaban J connectivity index is 1.80. The molecule has 0 atom stereocenters. The van der Waals surface area contributed by atoms with Gasteiger partial charge in [-0.25, -0.2) is 0 Å². The van der Waals surface area contributed by atoms with Crippen LogP contribution in [0.5, 0.6) is 0 Å². The van der Waals surface area contributed by atoms with Crippen LogP contribution in [0.15, 0.2) is 0 Å². The molecule has 2 aliphatic heterocycles. The molecule has 2 heteroatoms. The second kappa shape index (κ2) is 5.05. The molecule has 0 amide bonds. The molecular weight excluding hydrogens is 196 g/mol. The third-order valence-electron chi connectivity index (χ3n) is 4.59. The fourth-order valence-corrected chi connectivity index (χ4v) is 3.32. The monoisotopic (exact) mass is 224 g/mol. The first-order valence-electron chi connectivity index (χ1n) is 7.01. The molecule has 1 spiro atoms. The zero-order chi connectivity index (χ0) is 11.6. The molecule has 16 heavy (non-hydrogen) atoms. The van der Waals surface area contributed by atoms with Crippen molar-refractivity contribution >= 4 is 0 Å². The van der Waals surface area contributed by atoms with E-state index in [9.17, 15) is 0 Å². The van der Waals surface area contributed by atoms with Crippen LogP contribution in [0.4, 0.5) is 0 Å². The quantitative estimate of drug-likeness (QED) is 0.711. The first-order chi connectivity index (χ1) is 7.60. The number of likely N-dealkylation sites (tertiary alicyclic amines) is 2. The molecule has 94 valence electrons. The minimum absolute atomic E-state index is 0.722. The molecule has 0 aromatic carbocycles. The van der Waals surface area contributed by atoms with Gasteiger partial charge in [-0.3, -0.25) is 0 Å². The number of rotatable bonds is 2. The van der Waals surface area contributed by atoms with Gasteiger partial charge in [0.05, 0.1) is 0 Å². The fourth-order valence-electron chi connectivity index (χ4n) is 3.32. The molecule has 0 aliphatic carbocycles. The Morgan fingerprint density at radius 3 is 1.94 bits per heavy atom. The van der Waals surface area contributed by atoms with Crippen molar-refractivity contribution in [2.45, 2.75) is 39.5 Å². The van der Waals surface area contributed by atoms with Crippen molar-refractivity contribution in [3.05, 3.63) is 0 Å². The van der Waals surface area contributed by atoms with Crippen molar-refractivity contribution in [3.63, 3.8) is 0 Å². The number of piperidine rings is 2. The van der Waals surface area contributed by atoms with Gasteiger partial charge in [0.1, 0.15) is 0 Å². The van der Waals surface area contributed by atoms with Crippen LogP contribution in [-0.2, 0) is 0 Å². The highest BCUT2D eigenvalue weighted by molar-refractivity contribution is 4.90. The maximum Gasteiger partial charge on any atom is 0.000439 e. The molecule has 0 bridgehead atoms. The van der Waals surface area contributed by atoms with Gasteiger partial charge in [0.15, 0.2) is 0 Å². The van der Waals surface area contributed by atoms with Crippen LogP contribution < -0.4 is 0 Å². The summed E-state index contributed by atoms with van der Waals surface area (Å²) in [5.41, 5.74) is 0.722. The minimum atomic E-state index is 0.722. The Labute approximate surface area is 101 Å². The lowest BCUT2D eigenvalue weighted by atomic mass is 9.71. The molecule has 0 aromatic rings. The van der Waals surface area contributed by atoms with Gasteiger partial charge in [-0.2, -0.15) is 0 Å². The molecule has 2 fully saturated rings. The van der Waals surface area contributed by atoms with Crippen LogP contribution in [0, 0.1) is 11.3 Å². The Bertz CT molecular complexity index is 207. The van der Waals surface area contributed by atoms with Gasteiger partial charge in [-0.05, 0) is 70.2 Å². The van der Waals surface area contributed by atoms with Gasteiger partial charge in [-0.1, -0.05) is 13.8 Å². The number of hydrogen-bond donors (Lipinski definition) is 0. The molecule has 2 aliphatic rings. The van der Waals surface area contributed by atoms with Crippen molar-refractivity contribution < 1.29 is 0 Å². The largest absolute Gasteiger partial charge is 0.306 e. The summed E-state index contributed by atoms with van der Waals surface area (Å²) in [5, 5.41) is 0. The predicted molar refractivity (Wildman–Crippen MR) is 69.7 cm³/mol. The normalized spacial score (nSPS) is 27.8. The SMILES string of the molecule is CC(C)CN1CCC2(CCN(C)CC2)CC1. The van der Waals surface area contributed by atoms with Crippen molar-refractivity contribution in [2.24, 2.45) is 11.3 Å². The van der Waals surface area contributed by atoms with E-state index in [1.807, 2.05) is 0 Å². The molecular formula is C14H28N2. The van der Waals surface area contributed by atoms with Crippen molar-refractivity contribution in [2.75, 3.05) is 39.8 Å². The summed E-state index contributed by atoms with van der Waals surface area (Å²) < 4.78 is 0. The molecule has 0 unspecified atom stereocenters. The summed E-state index contributed by atoms with van der Waals surface area (Å²) in [6.45, 7) is 11.3. The van der Waals surface area contributed by atoms with E-state index >= 15 is 0 Å². The highest BCUT2D eigenvalue weighted by Crippen LogP contribution is 2.40. The van der Waals surface area contributed by atoms with Gasteiger partial charge in [-0.15, -0.1) is 0 Å². The lowest BCUT2D eigenvalue weighted by Gasteiger charge is -2.46. The van der Waals surface area contributed by atoms with Gasteiger partial charge >= 0.3 is 0 Å². The van der Waals surface area contributed by atoms with Crippen LogP contribution in [0.2, 0.25) is 0 Å². The Hall–Kier alpha value is -0.0800. The standard InChI is InChI=1S/C14H28N2/c1-13(2)12-16-10-6-14(7-11-16)4-8-15(3)9-5-14/h13H,4-12H2,1-3H3. The van der Waals surface area contributed by atoms with Crippen LogP contribution in [0.25, 0.3) is 0 Å². The van der Waals surface area contributed by atoms with Crippen LogP contribution in [-0.4, -0.2) is 49.6 Å². The maximum atomic E-state index is 2.67. The second-order valence-electron chi connectivity index (χ2n) is 6.50. The maximum absolute atomic E-state index is 2.67. The molecule has 0 saturated carbocycles. The van der Waals surface area contributed by atoms with Crippen molar-refractivity contribution in [1.29, 1.82) is 0 Å². The molecule has 0 radical (unpaired) electrons. The average Bonchev–Trinajstić information content (AvgIpc) is 2.26. The van der Waals surface area contributed by atoms with E-state index in [1.54, 1.807) is 0 Å². The molecule has 2 saturated heterocycles. The van der Waals surface area contributed by atoms with Crippen LogP contribution >= 0.6 is 0 Å². The number of nitrogens with zero attached hydrogens (tertiary/aromatic N) is 2. The Kier molecular flexibility index (Phi) is 3.91. The molecule has 2 heterocycles. The summed E-state index contributed by atoms with van der Waals surface area (Å²) in [6, 6.07) is 0. The lowest BCUT2D eigenvalue weighted by molar-refractivity contribution is 0.0390. The average molecular weight is 224 g/mol. The number of hydrogen-bond acceptors (Lipinski definition) is 2. The van der Waals surface area contributed by atoms with Crippen molar-refractivity contribution in [3.8, 4) is 0 Å². The zero-order valence-electron chi connectivity index (χ0n) is 11.3. The summed E-state index contributed by atoms with van der Waals surface area (Å²) in [5.74, 6) is 0.825. The van der Waals surface area contributed by atoms with Gasteiger partial charge < -0.3 is 9.80 Å². The first-order valence-corrected chi connectivity index (χ1v) is 7.01. The minimum Gasteiger partial charge on any atom is -0.306 e. The zero-order valence-corrected chi connectivity index (χ0v) is 11.3. The molecule has 2 nitrogen and oxygen atoms in total. The third kappa shape index (κ3) is 2.98. The van der Waals surface area contributed by atoms with Gasteiger partial charge in [0, 0.05) is 6.54 Å². The highest BCUT2D eigenvalue weighted by atomic mass is 15.1. The van der Waals surface area contributed by atoms with E-state index in [0.717, 1.165) is 11.3 Å². The van der Waals surface area contributed by atoms with Crippen LogP contribution in [0.1, 0.15) is 39.5 Å². The summed E-state index contributed by atoms with van der Waals surface area (Å²) in [6.07, 6.45) is 5.79. The summed E-state index contributed by atoms with van der Waals surface area (Å²) in [4.78, 5) is 5.17. The highest BCUT2D eigenvalue weighted by Gasteiger charge is 2.36. The summed E-state index contributed by atoms with van der Waals surface area (Å²) in [7, 11) is 2.26. The molecule has 0 N–H and O–H groups in total. The second-order valence-corrected chi connectivity index (χ2v) is 6.50. The fraction of sp³-hybridized carbons (Fsp3) is 1.00. The molecule has 2 rings (SSSR count). The Morgan fingerprint density at radius 2 is 1.44 bits per heavy atom. The predicted octanol–water partition coefficient (Wildman–Crippen LogP) is 2.45. The topological polar surface area (TPSA) is 6.48 Å². The van der Waals surface area contributed by atoms with E-state index < -0.39 is 0 Å². The van der Waals surface area contributed by atoms with E-state index in [2.05, 4.69) is 30.7 Å². The first kappa shape index (κ1) is 12.4. The van der Waals surface area contributed by atoms with Crippen molar-refractivity contribution in [1.82, 2.24) is 9.80 Å². The molecule has 0 aromatic heterocycles. The van der Waals surface area contributed by atoms with Gasteiger partial charge in [0.2, 0.25) is 0 Å². The van der Waals surface area contributed by atoms with Crippen LogP contribution in [0.3, 0.4) is 0 Å².